The number of nitrogens with one attached hydrogen (secondary N) is 1. The normalized spacial score (nSPS) is 17.1. The molecule has 1 fully saturated rings. The molecule has 0 aliphatic heterocycles. The number of carbonyl (C=O) groups excluding carboxylic acids is 1. The van der Waals surface area contributed by atoms with Gasteiger partial charge in [-0.05, 0) is 51.6 Å². The van der Waals surface area contributed by atoms with Gasteiger partial charge in [0, 0.05) is 22.2 Å². The minimum atomic E-state index is -0.105. The second-order valence-corrected chi connectivity index (χ2v) is 6.30. The van der Waals surface area contributed by atoms with Gasteiger partial charge in [-0.1, -0.05) is 15.9 Å². The Hall–Kier alpha value is -1.07. The third kappa shape index (κ3) is 2.92. The van der Waals surface area contributed by atoms with Crippen molar-refractivity contribution in [2.24, 2.45) is 0 Å². The number of anilines is 1. The molecule has 1 aliphatic carbocycles. The lowest BCUT2D eigenvalue weighted by atomic mass is 9.75. The van der Waals surface area contributed by atoms with Gasteiger partial charge in [0.1, 0.15) is 0 Å². The second-order valence-electron chi connectivity index (χ2n) is 5.39. The zero-order chi connectivity index (χ0) is 14.0. The Morgan fingerprint density at radius 3 is 2.68 bits per heavy atom. The zero-order valence-electron chi connectivity index (χ0n) is 11.4. The molecule has 0 atom stereocenters. The van der Waals surface area contributed by atoms with Crippen LogP contribution < -0.4 is 11.1 Å². The highest BCUT2D eigenvalue weighted by atomic mass is 79.9. The number of nitrogens with two attached hydrogens (primary N) is 1. The molecule has 2 rings (SSSR count). The van der Waals surface area contributed by atoms with Gasteiger partial charge in [0.25, 0.3) is 5.91 Å². The van der Waals surface area contributed by atoms with Gasteiger partial charge in [-0.3, -0.25) is 4.79 Å². The van der Waals surface area contributed by atoms with Crippen molar-refractivity contribution in [1.29, 1.82) is 0 Å². The van der Waals surface area contributed by atoms with Gasteiger partial charge < -0.3 is 16.0 Å². The van der Waals surface area contributed by atoms with Gasteiger partial charge in [-0.25, -0.2) is 0 Å². The van der Waals surface area contributed by atoms with E-state index in [4.69, 9.17) is 5.73 Å². The van der Waals surface area contributed by atoms with Crippen LogP contribution in [0.2, 0.25) is 0 Å². The fraction of sp³-hybridized carbons (Fsp3) is 0.500. The molecular weight excluding hydrogens is 306 g/mol. The molecule has 1 aromatic carbocycles. The number of likely N-dealkylation sites (N-methyl/N-ethyl adjacent to an activating group) is 1. The molecule has 1 amide bonds. The molecular formula is C14H20BrN3O. The van der Waals surface area contributed by atoms with Crippen LogP contribution in [-0.2, 0) is 0 Å². The molecule has 0 saturated heterocycles. The third-order valence-electron chi connectivity index (χ3n) is 4.07. The van der Waals surface area contributed by atoms with E-state index in [-0.39, 0.29) is 11.4 Å². The standard InChI is InChI=1S/C14H20BrN3O/c1-18(2)14(6-3-7-14)9-17-13(19)11-8-10(15)4-5-12(11)16/h4-5,8H,3,6-7,9,16H2,1-2H3,(H,17,19). The first kappa shape index (κ1) is 14.3. The van der Waals surface area contributed by atoms with E-state index in [0.717, 1.165) is 17.3 Å². The molecule has 0 spiro atoms. The predicted octanol–water partition coefficient (Wildman–Crippen LogP) is 2.25. The molecule has 5 heteroatoms. The predicted molar refractivity (Wildman–Crippen MR) is 81.2 cm³/mol. The van der Waals surface area contributed by atoms with Crippen LogP contribution >= 0.6 is 15.9 Å². The fourth-order valence-corrected chi connectivity index (χ4v) is 2.79. The smallest absolute Gasteiger partial charge is 0.253 e. The number of nitrogens with zero attached hydrogens (tertiary/aromatic N) is 1. The molecule has 3 N–H and O–H groups in total. The van der Waals surface area contributed by atoms with E-state index in [9.17, 15) is 4.79 Å². The van der Waals surface area contributed by atoms with Gasteiger partial charge in [0.05, 0.1) is 5.56 Å². The van der Waals surface area contributed by atoms with Crippen molar-refractivity contribution in [3.63, 3.8) is 0 Å². The first-order valence-corrected chi connectivity index (χ1v) is 7.25. The molecule has 0 aromatic heterocycles. The largest absolute Gasteiger partial charge is 0.398 e. The van der Waals surface area contributed by atoms with E-state index in [2.05, 4.69) is 40.2 Å². The van der Waals surface area contributed by atoms with E-state index in [1.54, 1.807) is 12.1 Å². The van der Waals surface area contributed by atoms with Crippen molar-refractivity contribution in [2.45, 2.75) is 24.8 Å². The lowest BCUT2D eigenvalue weighted by molar-refractivity contribution is 0.0558. The summed E-state index contributed by atoms with van der Waals surface area (Å²) >= 11 is 3.36. The number of amides is 1. The summed E-state index contributed by atoms with van der Waals surface area (Å²) in [7, 11) is 4.14. The highest BCUT2D eigenvalue weighted by Crippen LogP contribution is 2.35. The van der Waals surface area contributed by atoms with Crippen LogP contribution in [-0.4, -0.2) is 37.0 Å². The number of carbonyl (C=O) groups is 1. The number of hydrogen-bond donors (Lipinski definition) is 2. The van der Waals surface area contributed by atoms with E-state index in [1.807, 2.05) is 6.07 Å². The van der Waals surface area contributed by atoms with E-state index in [0.29, 0.717) is 17.8 Å². The van der Waals surface area contributed by atoms with Crippen LogP contribution in [0.25, 0.3) is 0 Å². The minimum absolute atomic E-state index is 0.105. The number of benzene rings is 1. The Kier molecular flexibility index (Phi) is 4.16. The SMILES string of the molecule is CN(C)C1(CNC(=O)c2cc(Br)ccc2N)CCC1. The Labute approximate surface area is 122 Å². The zero-order valence-corrected chi connectivity index (χ0v) is 13.0. The van der Waals surface area contributed by atoms with E-state index in [1.165, 1.54) is 6.42 Å². The summed E-state index contributed by atoms with van der Waals surface area (Å²) < 4.78 is 0.859. The molecule has 4 nitrogen and oxygen atoms in total. The summed E-state index contributed by atoms with van der Waals surface area (Å²) in [5.41, 5.74) is 7.00. The molecule has 104 valence electrons. The average molecular weight is 326 g/mol. The Bertz CT molecular complexity index is 484. The topological polar surface area (TPSA) is 58.4 Å². The molecule has 1 saturated carbocycles. The van der Waals surface area contributed by atoms with Crippen LogP contribution in [0.1, 0.15) is 29.6 Å². The highest BCUT2D eigenvalue weighted by Gasteiger charge is 2.39. The van der Waals surface area contributed by atoms with Crippen molar-refractivity contribution in [3.8, 4) is 0 Å². The number of hydrogen-bond acceptors (Lipinski definition) is 3. The fourth-order valence-electron chi connectivity index (χ4n) is 2.43. The summed E-state index contributed by atoms with van der Waals surface area (Å²) in [6, 6.07) is 5.33. The maximum absolute atomic E-state index is 12.2. The van der Waals surface area contributed by atoms with Crippen molar-refractivity contribution < 1.29 is 4.79 Å². The minimum Gasteiger partial charge on any atom is -0.398 e. The average Bonchev–Trinajstić information content (AvgIpc) is 2.30. The highest BCUT2D eigenvalue weighted by molar-refractivity contribution is 9.10. The lowest BCUT2D eigenvalue weighted by Gasteiger charge is -2.47. The molecule has 1 aromatic rings. The van der Waals surface area contributed by atoms with Gasteiger partial charge >= 0.3 is 0 Å². The third-order valence-corrected chi connectivity index (χ3v) is 4.56. The van der Waals surface area contributed by atoms with Gasteiger partial charge in [-0.2, -0.15) is 0 Å². The summed E-state index contributed by atoms with van der Waals surface area (Å²) in [4.78, 5) is 14.4. The van der Waals surface area contributed by atoms with Gasteiger partial charge in [0.2, 0.25) is 0 Å². The van der Waals surface area contributed by atoms with Crippen LogP contribution in [0, 0.1) is 0 Å². The maximum Gasteiger partial charge on any atom is 0.253 e. The van der Waals surface area contributed by atoms with E-state index < -0.39 is 0 Å². The van der Waals surface area contributed by atoms with Crippen LogP contribution in [0.5, 0.6) is 0 Å². The summed E-state index contributed by atoms with van der Waals surface area (Å²) in [5.74, 6) is -0.105. The van der Waals surface area contributed by atoms with E-state index >= 15 is 0 Å². The monoisotopic (exact) mass is 325 g/mol. The van der Waals surface area contributed by atoms with Crippen LogP contribution in [0.4, 0.5) is 5.69 Å². The molecule has 0 bridgehead atoms. The molecule has 1 aliphatic rings. The quantitative estimate of drug-likeness (QED) is 0.835. The van der Waals surface area contributed by atoms with Crippen molar-refractivity contribution in [1.82, 2.24) is 10.2 Å². The lowest BCUT2D eigenvalue weighted by Crippen LogP contribution is -2.57. The Morgan fingerprint density at radius 1 is 1.47 bits per heavy atom. The first-order chi connectivity index (χ1) is 8.94. The van der Waals surface area contributed by atoms with Crippen LogP contribution in [0.3, 0.4) is 0 Å². The van der Waals surface area contributed by atoms with Gasteiger partial charge in [-0.15, -0.1) is 0 Å². The van der Waals surface area contributed by atoms with Crippen molar-refractivity contribution >= 4 is 27.5 Å². The Balaban J connectivity index is 2.03. The van der Waals surface area contributed by atoms with Gasteiger partial charge in [0.15, 0.2) is 0 Å². The van der Waals surface area contributed by atoms with Crippen LogP contribution in [0.15, 0.2) is 22.7 Å². The molecule has 0 unspecified atom stereocenters. The number of halogens is 1. The molecule has 0 heterocycles. The molecule has 0 radical (unpaired) electrons. The Morgan fingerprint density at radius 2 is 2.16 bits per heavy atom. The number of nitrogen functional groups attached to an aromatic ring is 1. The summed E-state index contributed by atoms with van der Waals surface area (Å²) in [5, 5.41) is 3.01. The molecule has 19 heavy (non-hydrogen) atoms. The van der Waals surface area contributed by atoms with Crippen molar-refractivity contribution in [2.75, 3.05) is 26.4 Å². The maximum atomic E-state index is 12.2. The summed E-state index contributed by atoms with van der Waals surface area (Å²) in [6.07, 6.45) is 3.50. The second kappa shape index (κ2) is 5.51. The first-order valence-electron chi connectivity index (χ1n) is 6.45. The van der Waals surface area contributed by atoms with Crippen molar-refractivity contribution in [3.05, 3.63) is 28.2 Å². The number of rotatable bonds is 4. The summed E-state index contributed by atoms with van der Waals surface area (Å²) in [6.45, 7) is 0.671.